The molecule has 442 valence electrons. The first kappa shape index (κ1) is 63.4. The van der Waals surface area contributed by atoms with Gasteiger partial charge in [-0.25, -0.2) is 0 Å². The minimum Gasteiger partial charge on any atom is -0.389 e. The minimum atomic E-state index is -1.54. The number of nitrogens with one attached hydrogen (secondary N) is 4. The van der Waals surface area contributed by atoms with Crippen molar-refractivity contribution in [1.82, 2.24) is 21.3 Å². The normalized spacial score (nSPS) is 34.4. The molecule has 7 rings (SSSR count). The van der Waals surface area contributed by atoms with Crippen molar-refractivity contribution in [3.05, 3.63) is 70.3 Å². The maximum Gasteiger partial charge on any atom is 0.194 e. The van der Waals surface area contributed by atoms with E-state index in [1.807, 2.05) is 6.07 Å². The van der Waals surface area contributed by atoms with Gasteiger partial charge in [-0.15, -0.1) is 0 Å². The van der Waals surface area contributed by atoms with Gasteiger partial charge < -0.3 is 115 Å². The lowest BCUT2D eigenvalue weighted by molar-refractivity contribution is -0.306. The summed E-state index contributed by atoms with van der Waals surface area (Å²) in [7, 11) is 0. The summed E-state index contributed by atoms with van der Waals surface area (Å²) < 4.78 is 36.6. The Morgan fingerprint density at radius 3 is 1.59 bits per heavy atom. The van der Waals surface area contributed by atoms with E-state index in [9.17, 15) is 40.2 Å². The number of nitrogens with two attached hydrogens (primary N) is 6. The highest BCUT2D eigenvalue weighted by molar-refractivity contribution is 7.99. The number of hydrogen-bond donors (Lipinski definition) is 16. The molecule has 3 heterocycles. The Bertz CT molecular complexity index is 2320. The van der Waals surface area contributed by atoms with Gasteiger partial charge in [-0.05, 0) is 61.4 Å². The van der Waals surface area contributed by atoms with Gasteiger partial charge in [-0.2, -0.15) is 11.8 Å². The number of hydrogen-bond acceptors (Lipinski definition) is 23. The Labute approximate surface area is 475 Å². The molecule has 0 unspecified atom stereocenters. The van der Waals surface area contributed by atoms with Crippen LogP contribution in [0.25, 0.3) is 0 Å². The molecule has 2 aliphatic carbocycles. The fourth-order valence-corrected chi connectivity index (χ4v) is 11.7. The summed E-state index contributed by atoms with van der Waals surface area (Å²) in [6.07, 6.45) is -10.6. The molecule has 24 nitrogen and oxygen atoms in total. The summed E-state index contributed by atoms with van der Waals surface area (Å²) in [6, 6.07) is 8.04. The average Bonchev–Trinajstić information content (AvgIpc) is 3.87. The number of fused-ring (bicyclic) bond motifs is 2. The van der Waals surface area contributed by atoms with E-state index in [1.54, 1.807) is 36.4 Å². The lowest BCUT2D eigenvalue weighted by Gasteiger charge is -2.47. The molecule has 0 radical (unpaired) electrons. The molecule has 3 saturated heterocycles. The molecule has 79 heavy (non-hydrogen) atoms. The van der Waals surface area contributed by atoms with E-state index in [2.05, 4.69) is 21.3 Å². The number of benzene rings is 2. The zero-order valence-electron chi connectivity index (χ0n) is 44.2. The Hall–Kier alpha value is -3.21. The van der Waals surface area contributed by atoms with Gasteiger partial charge in [0, 0.05) is 85.1 Å². The van der Waals surface area contributed by atoms with Gasteiger partial charge in [0.2, 0.25) is 0 Å². The number of carbonyl (C=O) groups is 2. The summed E-state index contributed by atoms with van der Waals surface area (Å²) in [6.45, 7) is 2.10. The fraction of sp³-hybridized carbons (Fsp3) is 0.692. The smallest absolute Gasteiger partial charge is 0.194 e. The van der Waals surface area contributed by atoms with E-state index in [0.29, 0.717) is 51.3 Å². The van der Waals surface area contributed by atoms with E-state index in [4.69, 9.17) is 87.3 Å². The standard InChI is InChI=1S/C52H82N10O14S3/c53-21-32-40(66)42(68)35(57)48(71-32)74-45-31(56)20-30(55)39(65)47(45)76-50-44(70)46(75-49-36(58)43(69)41(67)33(22-54)72-49)34(73-50)24-79-18-17-61-51(77)59-15-9-5-3-1-2-4-6-10-16-60-52(78)62-23-25-13-14-28-29(19-25)38(64)27-12-8-7-11-26(27)37(28)63/h7-8,11-14,19,30-36,39-50,65-70H,1-6,9-10,15-18,20-24,53-58H2,(H2,59,61,77)(H2,60,62,78)/t30-,31+,32-,33+,34-,35-,36-,39+,40-,41-,42-,43-,44-,45-,46-,47-,48-,49-,50+/m1/s1. The third-order valence-electron chi connectivity index (χ3n) is 15.1. The van der Waals surface area contributed by atoms with Crippen LogP contribution in [0.3, 0.4) is 0 Å². The Kier molecular flexibility index (Phi) is 24.4. The second-order valence-corrected chi connectivity index (χ2v) is 22.8. The van der Waals surface area contributed by atoms with Crippen LogP contribution in [-0.2, 0) is 35.0 Å². The fourth-order valence-electron chi connectivity index (χ4n) is 10.4. The maximum atomic E-state index is 13.1. The van der Waals surface area contributed by atoms with Crippen molar-refractivity contribution >= 4 is 58.0 Å². The Morgan fingerprint density at radius 2 is 1.03 bits per heavy atom. The second-order valence-electron chi connectivity index (χ2n) is 20.8. The van der Waals surface area contributed by atoms with Gasteiger partial charge >= 0.3 is 0 Å². The van der Waals surface area contributed by atoms with Crippen molar-refractivity contribution in [3.8, 4) is 0 Å². The molecule has 4 fully saturated rings. The average molecular weight is 1170 g/mol. The molecule has 19 atom stereocenters. The van der Waals surface area contributed by atoms with Crippen LogP contribution in [0.2, 0.25) is 0 Å². The largest absolute Gasteiger partial charge is 0.389 e. The highest BCUT2D eigenvalue weighted by Gasteiger charge is 2.54. The minimum absolute atomic E-state index is 0.0906. The number of carbonyl (C=O) groups excluding carboxylic acids is 2. The SMILES string of the molecule is NC[C@@H]1O[C@H](O[C@H]2[C@@H](O)[C@H](O[C@@H]3[C@@H](O)[C@H](N)C[C@H](N)[C@H]3O[C@H]3O[C@H](CN)[C@@H](O)[C@H](O)[C@H]3N)O[C@@H]2CSCCNC(=S)NCCCCCCCCCCNC(=S)NCc2ccc3c(c2)C(=O)c2ccccc2C3=O)[C@H](N)[C@@H](O)[C@@H]1O. The number of unbranched alkanes of at least 4 members (excludes halogenated alkanes) is 7. The number of aliphatic hydroxyl groups excluding tert-OH is 6. The quantitative estimate of drug-likeness (QED) is 0.0279. The van der Waals surface area contributed by atoms with E-state index in [0.717, 1.165) is 70.0 Å². The summed E-state index contributed by atoms with van der Waals surface area (Å²) >= 11 is 12.5. The molecule has 0 aromatic heterocycles. The number of thioether (sulfide) groups is 1. The third-order valence-corrected chi connectivity index (χ3v) is 16.8. The van der Waals surface area contributed by atoms with Gasteiger partial charge in [0.1, 0.15) is 61.0 Å². The van der Waals surface area contributed by atoms with Crippen molar-refractivity contribution < 1.29 is 68.6 Å². The summed E-state index contributed by atoms with van der Waals surface area (Å²) in [5.41, 5.74) is 39.4. The highest BCUT2D eigenvalue weighted by atomic mass is 32.2. The molecule has 22 N–H and O–H groups in total. The van der Waals surface area contributed by atoms with Crippen LogP contribution in [0.1, 0.15) is 95.2 Å². The van der Waals surface area contributed by atoms with Crippen LogP contribution in [0.15, 0.2) is 42.5 Å². The Balaban J connectivity index is 0.776. The third kappa shape index (κ3) is 16.1. The van der Waals surface area contributed by atoms with Crippen molar-refractivity contribution in [2.24, 2.45) is 34.4 Å². The van der Waals surface area contributed by atoms with Crippen molar-refractivity contribution in [2.75, 3.05) is 44.2 Å². The van der Waals surface area contributed by atoms with E-state index in [-0.39, 0.29) is 36.8 Å². The molecule has 2 aromatic rings. The first-order valence-electron chi connectivity index (χ1n) is 27.3. The van der Waals surface area contributed by atoms with Crippen LogP contribution in [-0.4, -0.2) is 213 Å². The van der Waals surface area contributed by atoms with Crippen molar-refractivity contribution in [1.29, 1.82) is 0 Å². The highest BCUT2D eigenvalue weighted by Crippen LogP contribution is 2.36. The molecule has 2 aromatic carbocycles. The van der Waals surface area contributed by atoms with E-state index >= 15 is 0 Å². The molecule has 27 heteroatoms. The zero-order valence-corrected chi connectivity index (χ0v) is 46.6. The van der Waals surface area contributed by atoms with Crippen molar-refractivity contribution in [3.63, 3.8) is 0 Å². The van der Waals surface area contributed by atoms with Gasteiger partial charge in [-0.3, -0.25) is 9.59 Å². The molecule has 3 aliphatic heterocycles. The first-order valence-corrected chi connectivity index (χ1v) is 29.3. The summed E-state index contributed by atoms with van der Waals surface area (Å²) in [5, 5.41) is 79.4. The first-order chi connectivity index (χ1) is 37.9. The number of thiocarbonyl (C=S) groups is 2. The lowest BCUT2D eigenvalue weighted by atomic mass is 9.83. The molecule has 0 amide bonds. The van der Waals surface area contributed by atoms with Gasteiger partial charge in [0.15, 0.2) is 40.7 Å². The van der Waals surface area contributed by atoms with Crippen molar-refractivity contribution in [2.45, 2.75) is 181 Å². The van der Waals surface area contributed by atoms with Crippen LogP contribution >= 0.6 is 36.2 Å². The summed E-state index contributed by atoms with van der Waals surface area (Å²) in [4.78, 5) is 26.0. The lowest BCUT2D eigenvalue weighted by Crippen LogP contribution is -2.68. The predicted molar refractivity (Wildman–Crippen MR) is 301 cm³/mol. The number of rotatable bonds is 26. The van der Waals surface area contributed by atoms with Crippen LogP contribution in [0.4, 0.5) is 0 Å². The van der Waals surface area contributed by atoms with Gasteiger partial charge in [0.25, 0.3) is 0 Å². The molecular formula is C52H82N10O14S3. The maximum absolute atomic E-state index is 13.1. The predicted octanol–water partition coefficient (Wildman–Crippen LogP) is -3.13. The van der Waals surface area contributed by atoms with E-state index in [1.165, 1.54) is 11.8 Å². The molecular weight excluding hydrogens is 1080 g/mol. The molecule has 1 saturated carbocycles. The van der Waals surface area contributed by atoms with Gasteiger partial charge in [0.05, 0.1) is 24.3 Å². The topological polar surface area (TPSA) is 415 Å². The number of ether oxygens (including phenoxy) is 6. The zero-order chi connectivity index (χ0) is 56.9. The number of ketones is 2. The summed E-state index contributed by atoms with van der Waals surface area (Å²) in [5.74, 6) is 0.531. The molecule has 0 bridgehead atoms. The van der Waals surface area contributed by atoms with Crippen LogP contribution in [0.5, 0.6) is 0 Å². The number of aliphatic hydroxyl groups is 6. The monoisotopic (exact) mass is 1170 g/mol. The van der Waals surface area contributed by atoms with Crippen LogP contribution < -0.4 is 55.7 Å². The van der Waals surface area contributed by atoms with Crippen LogP contribution in [0, 0.1) is 0 Å². The molecule has 5 aliphatic rings. The van der Waals surface area contributed by atoms with Gasteiger partial charge in [-0.1, -0.05) is 68.9 Å². The second kappa shape index (κ2) is 30.4. The van der Waals surface area contributed by atoms with E-state index < -0.39 is 116 Å². The molecule has 0 spiro atoms. The Morgan fingerprint density at radius 1 is 0.544 bits per heavy atom.